The summed E-state index contributed by atoms with van der Waals surface area (Å²) in [6.07, 6.45) is 1.29. The third-order valence-electron chi connectivity index (χ3n) is 5.22. The Hall–Kier alpha value is -3.19. The Bertz CT molecular complexity index is 1110. The normalized spacial score (nSPS) is 13.6. The molecule has 2 heterocycles. The van der Waals surface area contributed by atoms with E-state index < -0.39 is 0 Å². The van der Waals surface area contributed by atoms with E-state index in [1.165, 1.54) is 18.2 Å². The molecule has 0 atom stereocenters. The molecule has 0 radical (unpaired) electrons. The number of amides is 2. The highest BCUT2D eigenvalue weighted by Crippen LogP contribution is 2.18. The molecule has 1 aliphatic heterocycles. The highest BCUT2D eigenvalue weighted by molar-refractivity contribution is 6.31. The molecule has 6 nitrogen and oxygen atoms in total. The van der Waals surface area contributed by atoms with Crippen LogP contribution in [0.1, 0.15) is 38.5 Å². The number of benzene rings is 2. The standard InChI is InChI=1S/C23H22ClFN4O2/c24-19-8-2-1-6-17(19)9-10-26-22(30)20-14-21-23(31)28(11-4-12-29(21)27-20)15-16-5-3-7-18(25)13-16/h1-3,5-8,13-14H,4,9-12,15H2,(H,26,30). The van der Waals surface area contributed by atoms with E-state index in [1.807, 2.05) is 24.3 Å². The summed E-state index contributed by atoms with van der Waals surface area (Å²) in [6, 6.07) is 15.2. The molecule has 0 saturated carbocycles. The second kappa shape index (κ2) is 9.31. The van der Waals surface area contributed by atoms with Crippen molar-refractivity contribution in [1.29, 1.82) is 0 Å². The lowest BCUT2D eigenvalue weighted by molar-refractivity contribution is 0.0745. The first kappa shape index (κ1) is 21.1. The molecule has 1 aliphatic rings. The SMILES string of the molecule is O=C(NCCc1ccccc1Cl)c1cc2n(n1)CCCN(Cc1cccc(F)c1)C2=O. The van der Waals surface area contributed by atoms with Gasteiger partial charge in [0, 0.05) is 37.3 Å². The average Bonchev–Trinajstić information content (AvgIpc) is 3.12. The molecule has 2 aromatic carbocycles. The van der Waals surface area contributed by atoms with Gasteiger partial charge in [-0.25, -0.2) is 4.39 Å². The summed E-state index contributed by atoms with van der Waals surface area (Å²) in [5.41, 5.74) is 2.24. The summed E-state index contributed by atoms with van der Waals surface area (Å²) >= 11 is 6.15. The zero-order valence-electron chi connectivity index (χ0n) is 16.9. The van der Waals surface area contributed by atoms with Crippen LogP contribution in [-0.2, 0) is 19.5 Å². The zero-order valence-corrected chi connectivity index (χ0v) is 17.6. The average molecular weight is 441 g/mol. The van der Waals surface area contributed by atoms with Crippen molar-refractivity contribution >= 4 is 23.4 Å². The van der Waals surface area contributed by atoms with E-state index in [0.29, 0.717) is 49.7 Å². The van der Waals surface area contributed by atoms with Gasteiger partial charge < -0.3 is 10.2 Å². The van der Waals surface area contributed by atoms with E-state index in [2.05, 4.69) is 10.4 Å². The molecule has 0 spiro atoms. The van der Waals surface area contributed by atoms with Gasteiger partial charge in [0.1, 0.15) is 11.5 Å². The molecule has 1 N–H and O–H groups in total. The predicted molar refractivity (Wildman–Crippen MR) is 115 cm³/mol. The Balaban J connectivity index is 1.42. The van der Waals surface area contributed by atoms with Gasteiger partial charge in [0.2, 0.25) is 0 Å². The second-order valence-corrected chi connectivity index (χ2v) is 7.85. The number of nitrogens with one attached hydrogen (secondary N) is 1. The monoisotopic (exact) mass is 440 g/mol. The van der Waals surface area contributed by atoms with Crippen molar-refractivity contribution in [1.82, 2.24) is 20.0 Å². The van der Waals surface area contributed by atoms with Crippen molar-refractivity contribution in [2.75, 3.05) is 13.1 Å². The summed E-state index contributed by atoms with van der Waals surface area (Å²) in [4.78, 5) is 27.2. The number of aryl methyl sites for hydroxylation is 1. The van der Waals surface area contributed by atoms with E-state index in [1.54, 1.807) is 21.7 Å². The Morgan fingerprint density at radius 2 is 1.97 bits per heavy atom. The quantitative estimate of drug-likeness (QED) is 0.635. The number of carbonyl (C=O) groups is 2. The Kier molecular flexibility index (Phi) is 6.32. The largest absolute Gasteiger partial charge is 0.350 e. The van der Waals surface area contributed by atoms with Crippen LogP contribution in [0.3, 0.4) is 0 Å². The Morgan fingerprint density at radius 1 is 1.13 bits per heavy atom. The first-order chi connectivity index (χ1) is 15.0. The van der Waals surface area contributed by atoms with Crippen LogP contribution in [0.15, 0.2) is 54.6 Å². The summed E-state index contributed by atoms with van der Waals surface area (Å²) in [5, 5.41) is 7.82. The summed E-state index contributed by atoms with van der Waals surface area (Å²) in [6.45, 7) is 1.79. The van der Waals surface area contributed by atoms with Gasteiger partial charge in [-0.05, 0) is 42.2 Å². The van der Waals surface area contributed by atoms with Crippen LogP contribution in [0, 0.1) is 5.82 Å². The maximum atomic E-state index is 13.5. The molecule has 160 valence electrons. The number of nitrogens with zero attached hydrogens (tertiary/aromatic N) is 3. The highest BCUT2D eigenvalue weighted by atomic mass is 35.5. The second-order valence-electron chi connectivity index (χ2n) is 7.45. The van der Waals surface area contributed by atoms with E-state index in [4.69, 9.17) is 11.6 Å². The summed E-state index contributed by atoms with van der Waals surface area (Å²) < 4.78 is 15.1. The maximum Gasteiger partial charge on any atom is 0.272 e. The molecule has 3 aromatic rings. The summed E-state index contributed by atoms with van der Waals surface area (Å²) in [7, 11) is 0. The fourth-order valence-corrected chi connectivity index (χ4v) is 3.88. The van der Waals surface area contributed by atoms with Crippen LogP contribution in [0.4, 0.5) is 4.39 Å². The molecule has 4 rings (SSSR count). The minimum absolute atomic E-state index is 0.204. The number of carbonyl (C=O) groups excluding carboxylic acids is 2. The molecule has 8 heteroatoms. The molecule has 0 unspecified atom stereocenters. The molecule has 0 fully saturated rings. The van der Waals surface area contributed by atoms with Gasteiger partial charge in [0.05, 0.1) is 0 Å². The van der Waals surface area contributed by atoms with Gasteiger partial charge in [0.25, 0.3) is 11.8 Å². The molecule has 2 amide bonds. The molecular weight excluding hydrogens is 419 g/mol. The third kappa shape index (κ3) is 4.94. The van der Waals surface area contributed by atoms with Crippen LogP contribution in [0.25, 0.3) is 0 Å². The topological polar surface area (TPSA) is 67.2 Å². The fraction of sp³-hybridized carbons (Fsp3) is 0.261. The van der Waals surface area contributed by atoms with Gasteiger partial charge in [-0.15, -0.1) is 0 Å². The van der Waals surface area contributed by atoms with Crippen molar-refractivity contribution in [2.24, 2.45) is 0 Å². The molecule has 0 aliphatic carbocycles. The number of fused-ring (bicyclic) bond motifs is 1. The number of aromatic nitrogens is 2. The number of hydrogen-bond donors (Lipinski definition) is 1. The Labute approximate surface area is 184 Å². The highest BCUT2D eigenvalue weighted by Gasteiger charge is 2.26. The van der Waals surface area contributed by atoms with E-state index >= 15 is 0 Å². The van der Waals surface area contributed by atoms with Crippen molar-refractivity contribution in [3.05, 3.63) is 88.0 Å². The maximum absolute atomic E-state index is 13.5. The third-order valence-corrected chi connectivity index (χ3v) is 5.59. The molecule has 31 heavy (non-hydrogen) atoms. The van der Waals surface area contributed by atoms with Crippen molar-refractivity contribution < 1.29 is 14.0 Å². The van der Waals surface area contributed by atoms with Gasteiger partial charge in [-0.1, -0.05) is 41.9 Å². The number of halogens is 2. The number of rotatable bonds is 6. The van der Waals surface area contributed by atoms with E-state index in [9.17, 15) is 14.0 Å². The Morgan fingerprint density at radius 3 is 2.77 bits per heavy atom. The lowest BCUT2D eigenvalue weighted by atomic mass is 10.1. The summed E-state index contributed by atoms with van der Waals surface area (Å²) in [5.74, 6) is -0.887. The van der Waals surface area contributed by atoms with Gasteiger partial charge >= 0.3 is 0 Å². The van der Waals surface area contributed by atoms with Crippen LogP contribution < -0.4 is 5.32 Å². The molecule has 0 bridgehead atoms. The smallest absolute Gasteiger partial charge is 0.272 e. The van der Waals surface area contributed by atoms with Crippen LogP contribution in [0.5, 0.6) is 0 Å². The fourth-order valence-electron chi connectivity index (χ4n) is 3.65. The molecule has 0 saturated heterocycles. The van der Waals surface area contributed by atoms with Gasteiger partial charge in [-0.3, -0.25) is 14.3 Å². The lowest BCUT2D eigenvalue weighted by Crippen LogP contribution is -2.30. The first-order valence-corrected chi connectivity index (χ1v) is 10.5. The minimum atomic E-state index is -0.336. The predicted octanol–water partition coefficient (Wildman–Crippen LogP) is 3.69. The molecule has 1 aromatic heterocycles. The number of hydrogen-bond acceptors (Lipinski definition) is 3. The zero-order chi connectivity index (χ0) is 21.8. The molecular formula is C23H22ClFN4O2. The van der Waals surface area contributed by atoms with E-state index in [0.717, 1.165) is 11.1 Å². The van der Waals surface area contributed by atoms with Gasteiger partial charge in [-0.2, -0.15) is 5.10 Å². The van der Waals surface area contributed by atoms with Crippen molar-refractivity contribution in [3.8, 4) is 0 Å². The van der Waals surface area contributed by atoms with Crippen molar-refractivity contribution in [3.63, 3.8) is 0 Å². The van der Waals surface area contributed by atoms with Crippen LogP contribution in [-0.4, -0.2) is 39.6 Å². The van der Waals surface area contributed by atoms with Crippen LogP contribution in [0.2, 0.25) is 5.02 Å². The van der Waals surface area contributed by atoms with Gasteiger partial charge in [0.15, 0.2) is 5.69 Å². The van der Waals surface area contributed by atoms with Crippen molar-refractivity contribution in [2.45, 2.75) is 25.9 Å². The first-order valence-electron chi connectivity index (χ1n) is 10.1. The van der Waals surface area contributed by atoms with Crippen LogP contribution >= 0.6 is 11.6 Å². The minimum Gasteiger partial charge on any atom is -0.350 e. The van der Waals surface area contributed by atoms with E-state index in [-0.39, 0.29) is 23.3 Å². The lowest BCUT2D eigenvalue weighted by Gasteiger charge is -2.20.